The maximum Gasteiger partial charge on any atom is 0.244 e. The Bertz CT molecular complexity index is 499. The number of nitrogen functional groups attached to an aromatic ring is 1. The Morgan fingerprint density at radius 3 is 2.29 bits per heavy atom. The Hall–Kier alpha value is -1.47. The van der Waals surface area contributed by atoms with E-state index in [1.807, 2.05) is 0 Å². The largest absolute Gasteiger partial charge is 0.495 e. The summed E-state index contributed by atoms with van der Waals surface area (Å²) in [4.78, 5) is 0.000139. The summed E-state index contributed by atoms with van der Waals surface area (Å²) in [5.74, 6) is 0.564. The van der Waals surface area contributed by atoms with Gasteiger partial charge in [-0.2, -0.15) is 0 Å². The third kappa shape index (κ3) is 2.80. The second-order valence-corrected chi connectivity index (χ2v) is 4.98. The van der Waals surface area contributed by atoms with Gasteiger partial charge in [-0.3, -0.25) is 0 Å². The average molecular weight is 260 g/mol. The lowest BCUT2D eigenvalue weighted by atomic mass is 10.3. The molecule has 17 heavy (non-hydrogen) atoms. The van der Waals surface area contributed by atoms with Crippen molar-refractivity contribution in [3.63, 3.8) is 0 Å². The standard InChI is InChI=1S/C10H16N2O4S/c1-4-12-17(13,14)10-5-7(11)8(15-2)6-9(10)16-3/h5-6,12H,4,11H2,1-3H3. The van der Waals surface area contributed by atoms with Crippen LogP contribution in [0.4, 0.5) is 5.69 Å². The van der Waals surface area contributed by atoms with Crippen molar-refractivity contribution < 1.29 is 17.9 Å². The molecular weight excluding hydrogens is 244 g/mol. The molecule has 0 atom stereocenters. The lowest BCUT2D eigenvalue weighted by molar-refractivity contribution is 0.387. The number of sulfonamides is 1. The number of hydrogen-bond donors (Lipinski definition) is 2. The van der Waals surface area contributed by atoms with E-state index in [0.29, 0.717) is 5.75 Å². The maximum absolute atomic E-state index is 11.9. The molecule has 0 heterocycles. The molecule has 0 amide bonds. The van der Waals surface area contributed by atoms with E-state index in [-0.39, 0.29) is 22.9 Å². The van der Waals surface area contributed by atoms with Crippen molar-refractivity contribution in [3.8, 4) is 11.5 Å². The van der Waals surface area contributed by atoms with Gasteiger partial charge in [0.25, 0.3) is 0 Å². The molecule has 3 N–H and O–H groups in total. The quantitative estimate of drug-likeness (QED) is 0.756. The summed E-state index contributed by atoms with van der Waals surface area (Å²) < 4.78 is 36.1. The Balaban J connectivity index is 3.38. The van der Waals surface area contributed by atoms with Crippen LogP contribution >= 0.6 is 0 Å². The monoisotopic (exact) mass is 260 g/mol. The van der Waals surface area contributed by atoms with Crippen molar-refractivity contribution in [2.24, 2.45) is 0 Å². The first-order chi connectivity index (χ1) is 7.96. The predicted octanol–water partition coefficient (Wildman–Crippen LogP) is 0.584. The molecule has 0 aliphatic rings. The van der Waals surface area contributed by atoms with Crippen molar-refractivity contribution in [1.29, 1.82) is 0 Å². The number of nitrogens with one attached hydrogen (secondary N) is 1. The molecule has 0 aromatic heterocycles. The zero-order chi connectivity index (χ0) is 13.1. The fraction of sp³-hybridized carbons (Fsp3) is 0.400. The van der Waals surface area contributed by atoms with Gasteiger partial charge in [-0.05, 0) is 6.07 Å². The van der Waals surface area contributed by atoms with Gasteiger partial charge < -0.3 is 15.2 Å². The molecular formula is C10H16N2O4S. The van der Waals surface area contributed by atoms with Crippen LogP contribution in [0.5, 0.6) is 11.5 Å². The molecule has 1 rings (SSSR count). The number of anilines is 1. The van der Waals surface area contributed by atoms with Crippen LogP contribution in [0.25, 0.3) is 0 Å². The van der Waals surface area contributed by atoms with Crippen LogP contribution in [0.15, 0.2) is 17.0 Å². The normalized spacial score (nSPS) is 11.2. The van der Waals surface area contributed by atoms with Gasteiger partial charge in [0.15, 0.2) is 0 Å². The van der Waals surface area contributed by atoms with E-state index in [9.17, 15) is 8.42 Å². The Kier molecular flexibility index (Phi) is 4.19. The summed E-state index contributed by atoms with van der Waals surface area (Å²) in [6.45, 7) is 1.98. The molecule has 0 fully saturated rings. The minimum absolute atomic E-state index is 0.000139. The van der Waals surface area contributed by atoms with Crippen LogP contribution in [-0.2, 0) is 10.0 Å². The number of ether oxygens (including phenoxy) is 2. The number of nitrogens with two attached hydrogens (primary N) is 1. The first kappa shape index (κ1) is 13.6. The lowest BCUT2D eigenvalue weighted by Crippen LogP contribution is -2.23. The molecule has 0 aliphatic heterocycles. The van der Waals surface area contributed by atoms with E-state index >= 15 is 0 Å². The number of rotatable bonds is 5. The van der Waals surface area contributed by atoms with Gasteiger partial charge in [-0.1, -0.05) is 6.92 Å². The van der Waals surface area contributed by atoms with Crippen molar-refractivity contribution in [2.45, 2.75) is 11.8 Å². The number of hydrogen-bond acceptors (Lipinski definition) is 5. The third-order valence-electron chi connectivity index (χ3n) is 2.14. The maximum atomic E-state index is 11.9. The van der Waals surface area contributed by atoms with Gasteiger partial charge in [-0.15, -0.1) is 0 Å². The first-order valence-electron chi connectivity index (χ1n) is 4.97. The molecule has 96 valence electrons. The fourth-order valence-corrected chi connectivity index (χ4v) is 2.60. The van der Waals surface area contributed by atoms with Crippen LogP contribution in [0.3, 0.4) is 0 Å². The second-order valence-electron chi connectivity index (χ2n) is 3.25. The molecule has 1 aromatic rings. The highest BCUT2D eigenvalue weighted by molar-refractivity contribution is 7.89. The molecule has 0 radical (unpaired) electrons. The van der Waals surface area contributed by atoms with E-state index in [4.69, 9.17) is 15.2 Å². The predicted molar refractivity (Wildman–Crippen MR) is 64.8 cm³/mol. The van der Waals surface area contributed by atoms with Gasteiger partial charge in [0, 0.05) is 12.6 Å². The number of benzene rings is 1. The van der Waals surface area contributed by atoms with E-state index in [2.05, 4.69) is 4.72 Å². The molecule has 6 nitrogen and oxygen atoms in total. The van der Waals surface area contributed by atoms with Crippen LogP contribution in [0.2, 0.25) is 0 Å². The van der Waals surface area contributed by atoms with Crippen molar-refractivity contribution in [3.05, 3.63) is 12.1 Å². The average Bonchev–Trinajstić information content (AvgIpc) is 2.28. The van der Waals surface area contributed by atoms with Crippen LogP contribution in [-0.4, -0.2) is 29.2 Å². The van der Waals surface area contributed by atoms with Crippen LogP contribution < -0.4 is 19.9 Å². The van der Waals surface area contributed by atoms with Gasteiger partial charge in [0.2, 0.25) is 10.0 Å². The fourth-order valence-electron chi connectivity index (χ4n) is 1.37. The van der Waals surface area contributed by atoms with E-state index in [1.54, 1.807) is 6.92 Å². The molecule has 0 bridgehead atoms. The molecule has 7 heteroatoms. The van der Waals surface area contributed by atoms with E-state index < -0.39 is 10.0 Å². The third-order valence-corrected chi connectivity index (χ3v) is 3.71. The minimum atomic E-state index is -3.61. The first-order valence-corrected chi connectivity index (χ1v) is 6.45. The zero-order valence-electron chi connectivity index (χ0n) is 9.98. The van der Waals surface area contributed by atoms with E-state index in [0.717, 1.165) is 0 Å². The summed E-state index contributed by atoms with van der Waals surface area (Å²) in [7, 11) is -0.778. The summed E-state index contributed by atoms with van der Waals surface area (Å²) in [6.07, 6.45) is 0. The van der Waals surface area contributed by atoms with E-state index in [1.165, 1.54) is 26.4 Å². The summed E-state index contributed by atoms with van der Waals surface area (Å²) in [6, 6.07) is 2.76. The highest BCUT2D eigenvalue weighted by atomic mass is 32.2. The molecule has 0 aliphatic carbocycles. The van der Waals surface area contributed by atoms with Crippen LogP contribution in [0, 0.1) is 0 Å². The summed E-state index contributed by atoms with van der Waals surface area (Å²) in [5, 5.41) is 0. The lowest BCUT2D eigenvalue weighted by Gasteiger charge is -2.13. The SMILES string of the molecule is CCNS(=O)(=O)c1cc(N)c(OC)cc1OC. The van der Waals surface area contributed by atoms with Gasteiger partial charge in [-0.25, -0.2) is 13.1 Å². The Morgan fingerprint density at radius 2 is 1.82 bits per heavy atom. The molecule has 1 aromatic carbocycles. The Morgan fingerprint density at radius 1 is 1.24 bits per heavy atom. The zero-order valence-corrected chi connectivity index (χ0v) is 10.8. The summed E-state index contributed by atoms with van der Waals surface area (Å²) >= 11 is 0. The molecule has 0 saturated heterocycles. The molecule has 0 saturated carbocycles. The van der Waals surface area contributed by atoms with Gasteiger partial charge in [0.1, 0.15) is 16.4 Å². The topological polar surface area (TPSA) is 90.7 Å². The molecule has 0 unspecified atom stereocenters. The van der Waals surface area contributed by atoms with Crippen molar-refractivity contribution in [2.75, 3.05) is 26.5 Å². The van der Waals surface area contributed by atoms with Crippen LogP contribution in [0.1, 0.15) is 6.92 Å². The summed E-state index contributed by atoms with van der Waals surface area (Å²) in [5.41, 5.74) is 5.92. The highest BCUT2D eigenvalue weighted by Crippen LogP contribution is 2.33. The van der Waals surface area contributed by atoms with Crippen molar-refractivity contribution >= 4 is 15.7 Å². The minimum Gasteiger partial charge on any atom is -0.495 e. The number of methoxy groups -OCH3 is 2. The second kappa shape index (κ2) is 5.24. The van der Waals surface area contributed by atoms with Crippen molar-refractivity contribution in [1.82, 2.24) is 4.72 Å². The highest BCUT2D eigenvalue weighted by Gasteiger charge is 2.20. The van der Waals surface area contributed by atoms with Gasteiger partial charge in [0.05, 0.1) is 19.9 Å². The smallest absolute Gasteiger partial charge is 0.244 e. The molecule has 0 spiro atoms. The van der Waals surface area contributed by atoms with Gasteiger partial charge >= 0.3 is 0 Å². The Labute approximate surface area is 101 Å².